The van der Waals surface area contributed by atoms with Crippen LogP contribution in [0.25, 0.3) is 0 Å². The molecule has 0 aliphatic carbocycles. The van der Waals surface area contributed by atoms with E-state index >= 15 is 0 Å². The van der Waals surface area contributed by atoms with E-state index in [2.05, 4.69) is 31.4 Å². The molecule has 1 amide bonds. The van der Waals surface area contributed by atoms with E-state index in [-0.39, 0.29) is 34.2 Å². The second-order valence-corrected chi connectivity index (χ2v) is 8.82. The Balaban J connectivity index is 1.65. The molecule has 1 unspecified atom stereocenters. The van der Waals surface area contributed by atoms with Gasteiger partial charge in [-0.3, -0.25) is 14.9 Å². The van der Waals surface area contributed by atoms with Gasteiger partial charge in [0.05, 0.1) is 21.4 Å². The van der Waals surface area contributed by atoms with E-state index < -0.39 is 4.92 Å². The number of thioether (sulfide) groups is 1. The van der Waals surface area contributed by atoms with Crippen LogP contribution in [0.2, 0.25) is 5.02 Å². The average Bonchev–Trinajstić information content (AvgIpc) is 3.18. The minimum atomic E-state index is -0.552. The summed E-state index contributed by atoms with van der Waals surface area (Å²) in [6.07, 6.45) is -0.351. The molecule has 3 aromatic rings. The van der Waals surface area contributed by atoms with E-state index in [1.165, 1.54) is 30.0 Å². The van der Waals surface area contributed by atoms with Crippen molar-refractivity contribution in [2.45, 2.75) is 31.7 Å². The number of aromatic nitrogens is 3. The van der Waals surface area contributed by atoms with Crippen molar-refractivity contribution in [2.24, 2.45) is 0 Å². The van der Waals surface area contributed by atoms with Gasteiger partial charge in [-0.15, -0.1) is 10.2 Å². The molecule has 12 heteroatoms. The average molecular weight is 541 g/mol. The number of rotatable bonds is 9. The van der Waals surface area contributed by atoms with Gasteiger partial charge < -0.3 is 14.6 Å². The zero-order chi connectivity index (χ0) is 23.3. The van der Waals surface area contributed by atoms with Crippen LogP contribution in [0.4, 0.5) is 11.4 Å². The molecule has 3 rings (SSSR count). The fourth-order valence-electron chi connectivity index (χ4n) is 2.81. The number of anilines is 1. The molecule has 0 bridgehead atoms. The number of nitro groups is 1. The molecular weight excluding hydrogens is 522 g/mol. The fraction of sp³-hybridized carbons (Fsp3) is 0.250. The van der Waals surface area contributed by atoms with Crippen molar-refractivity contribution in [3.8, 4) is 5.75 Å². The number of nitrogens with one attached hydrogen (secondary N) is 1. The predicted molar refractivity (Wildman–Crippen MR) is 126 cm³/mol. The standard InChI is InChI=1S/C20H19BrClN5O4S/c1-3-26-19(12(2)31-15-7-4-13(21)5-8-15)24-25-20(26)32-11-18(28)23-17-10-14(27(29)30)6-9-16(17)22/h4-10,12H,3,11H2,1-2H3,(H,23,28). The zero-order valence-electron chi connectivity index (χ0n) is 17.1. The van der Waals surface area contributed by atoms with Gasteiger partial charge in [-0.05, 0) is 44.2 Å². The SMILES string of the molecule is CCn1c(SCC(=O)Nc2cc([N+](=O)[O-])ccc2Cl)nnc1C(C)Oc1ccc(Br)cc1. The summed E-state index contributed by atoms with van der Waals surface area (Å²) in [5.74, 6) is 0.997. The Morgan fingerprint density at radius 3 is 2.69 bits per heavy atom. The molecule has 2 aromatic carbocycles. The summed E-state index contributed by atoms with van der Waals surface area (Å²) >= 11 is 10.6. The van der Waals surface area contributed by atoms with Crippen LogP contribution >= 0.6 is 39.3 Å². The van der Waals surface area contributed by atoms with Crippen LogP contribution in [0.1, 0.15) is 25.8 Å². The van der Waals surface area contributed by atoms with Crippen LogP contribution in [0.3, 0.4) is 0 Å². The molecule has 0 aliphatic rings. The Hall–Kier alpha value is -2.63. The molecule has 1 atom stereocenters. The first-order valence-electron chi connectivity index (χ1n) is 9.50. The maximum absolute atomic E-state index is 12.4. The topological polar surface area (TPSA) is 112 Å². The summed E-state index contributed by atoms with van der Waals surface area (Å²) in [7, 11) is 0. The number of carbonyl (C=O) groups is 1. The van der Waals surface area contributed by atoms with Crippen LogP contribution in [-0.4, -0.2) is 31.3 Å². The van der Waals surface area contributed by atoms with Gasteiger partial charge in [0.15, 0.2) is 17.1 Å². The van der Waals surface area contributed by atoms with Gasteiger partial charge in [-0.1, -0.05) is 39.3 Å². The van der Waals surface area contributed by atoms with Crippen LogP contribution in [0.5, 0.6) is 5.75 Å². The number of non-ortho nitro benzene ring substituents is 1. The number of nitro benzene ring substituents is 1. The van der Waals surface area contributed by atoms with Gasteiger partial charge in [0.2, 0.25) is 5.91 Å². The number of halogens is 2. The summed E-state index contributed by atoms with van der Waals surface area (Å²) < 4.78 is 8.79. The van der Waals surface area contributed by atoms with E-state index in [0.717, 1.165) is 4.47 Å². The van der Waals surface area contributed by atoms with Gasteiger partial charge in [0, 0.05) is 23.2 Å². The van der Waals surface area contributed by atoms with Crippen molar-refractivity contribution < 1.29 is 14.5 Å². The first-order valence-corrected chi connectivity index (χ1v) is 11.7. The largest absolute Gasteiger partial charge is 0.483 e. The van der Waals surface area contributed by atoms with Crippen molar-refractivity contribution in [1.82, 2.24) is 14.8 Å². The number of amides is 1. The first-order chi connectivity index (χ1) is 15.3. The van der Waals surface area contributed by atoms with E-state index in [0.29, 0.717) is 23.3 Å². The minimum Gasteiger partial charge on any atom is -0.483 e. The van der Waals surface area contributed by atoms with Crippen LogP contribution in [0.15, 0.2) is 52.1 Å². The second kappa shape index (κ2) is 10.8. The van der Waals surface area contributed by atoms with Gasteiger partial charge in [0.25, 0.3) is 5.69 Å². The summed E-state index contributed by atoms with van der Waals surface area (Å²) in [6.45, 7) is 4.42. The summed E-state index contributed by atoms with van der Waals surface area (Å²) in [6, 6.07) is 11.3. The minimum absolute atomic E-state index is 0.0269. The number of hydrogen-bond acceptors (Lipinski definition) is 7. The lowest BCUT2D eigenvalue weighted by molar-refractivity contribution is -0.384. The van der Waals surface area contributed by atoms with Crippen molar-refractivity contribution in [3.63, 3.8) is 0 Å². The van der Waals surface area contributed by atoms with Gasteiger partial charge in [-0.25, -0.2) is 0 Å². The number of nitrogens with zero attached hydrogens (tertiary/aromatic N) is 4. The smallest absolute Gasteiger partial charge is 0.271 e. The van der Waals surface area contributed by atoms with E-state index in [4.69, 9.17) is 16.3 Å². The highest BCUT2D eigenvalue weighted by Crippen LogP contribution is 2.28. The molecule has 0 spiro atoms. The number of carbonyl (C=O) groups excluding carboxylic acids is 1. The molecule has 1 N–H and O–H groups in total. The number of ether oxygens (including phenoxy) is 1. The lowest BCUT2D eigenvalue weighted by Crippen LogP contribution is -2.16. The van der Waals surface area contributed by atoms with Crippen molar-refractivity contribution in [3.05, 3.63) is 67.9 Å². The molecule has 1 aromatic heterocycles. The van der Waals surface area contributed by atoms with E-state index in [1.807, 2.05) is 42.7 Å². The third-order valence-corrected chi connectivity index (χ3v) is 6.14. The Labute approximate surface area is 201 Å². The molecule has 0 saturated heterocycles. The lowest BCUT2D eigenvalue weighted by Gasteiger charge is -2.15. The van der Waals surface area contributed by atoms with Crippen LogP contribution < -0.4 is 10.1 Å². The summed E-state index contributed by atoms with van der Waals surface area (Å²) in [5.41, 5.74) is 0.0214. The third kappa shape index (κ3) is 5.99. The lowest BCUT2D eigenvalue weighted by atomic mass is 10.3. The van der Waals surface area contributed by atoms with E-state index in [1.54, 1.807) is 0 Å². The van der Waals surface area contributed by atoms with Gasteiger partial charge in [0.1, 0.15) is 5.75 Å². The summed E-state index contributed by atoms with van der Waals surface area (Å²) in [5, 5.41) is 22.7. The normalized spacial score (nSPS) is 11.8. The molecule has 9 nitrogen and oxygen atoms in total. The van der Waals surface area contributed by atoms with Gasteiger partial charge >= 0.3 is 0 Å². The van der Waals surface area contributed by atoms with Crippen molar-refractivity contribution in [2.75, 3.05) is 11.1 Å². The van der Waals surface area contributed by atoms with Gasteiger partial charge in [-0.2, -0.15) is 0 Å². The summed E-state index contributed by atoms with van der Waals surface area (Å²) in [4.78, 5) is 22.8. The zero-order valence-corrected chi connectivity index (χ0v) is 20.3. The monoisotopic (exact) mass is 539 g/mol. The molecule has 0 aliphatic heterocycles. The molecule has 168 valence electrons. The maximum Gasteiger partial charge on any atom is 0.271 e. The molecular formula is C20H19BrClN5O4S. The van der Waals surface area contributed by atoms with Crippen LogP contribution in [-0.2, 0) is 11.3 Å². The molecule has 0 fully saturated rings. The maximum atomic E-state index is 12.4. The Bertz CT molecular complexity index is 1130. The van der Waals surface area contributed by atoms with Crippen molar-refractivity contribution >= 4 is 56.6 Å². The Morgan fingerprint density at radius 1 is 1.31 bits per heavy atom. The highest BCUT2D eigenvalue weighted by molar-refractivity contribution is 9.10. The predicted octanol–water partition coefficient (Wildman–Crippen LogP) is 5.49. The molecule has 1 heterocycles. The highest BCUT2D eigenvalue weighted by Gasteiger charge is 2.20. The van der Waals surface area contributed by atoms with Crippen LogP contribution in [0, 0.1) is 10.1 Å². The quantitative estimate of drug-likeness (QED) is 0.217. The molecule has 0 saturated carbocycles. The Kier molecular flexibility index (Phi) is 8.10. The third-order valence-electron chi connectivity index (χ3n) is 4.32. The molecule has 0 radical (unpaired) electrons. The number of hydrogen-bond donors (Lipinski definition) is 1. The second-order valence-electron chi connectivity index (χ2n) is 6.56. The van der Waals surface area contributed by atoms with Crippen molar-refractivity contribution in [1.29, 1.82) is 0 Å². The first kappa shape index (κ1) is 24.0. The molecule has 32 heavy (non-hydrogen) atoms. The highest BCUT2D eigenvalue weighted by atomic mass is 79.9. The number of benzene rings is 2. The Morgan fingerprint density at radius 2 is 2.03 bits per heavy atom. The fourth-order valence-corrected chi connectivity index (χ4v) is 4.05. The van der Waals surface area contributed by atoms with E-state index in [9.17, 15) is 14.9 Å².